The summed E-state index contributed by atoms with van der Waals surface area (Å²) in [5, 5.41) is 11.8. The Morgan fingerprint density at radius 2 is 1.45 bits per heavy atom. The number of carbonyl (C=O) groups excluding carboxylic acids is 1. The minimum Gasteiger partial charge on any atom is -0.404 e. The zero-order valence-corrected chi connectivity index (χ0v) is 18.7. The molecule has 0 amide bonds. The molecule has 1 aliphatic rings. The molecule has 0 aromatic heterocycles. The average molecular weight is 406 g/mol. The highest BCUT2D eigenvalue weighted by Gasteiger charge is 2.51. The molecule has 4 heteroatoms. The lowest BCUT2D eigenvalue weighted by molar-refractivity contribution is -0.111. The van der Waals surface area contributed by atoms with Crippen LogP contribution in [0.25, 0.3) is 0 Å². The molecule has 1 fully saturated rings. The number of carbonyl (C=O) groups is 1. The highest BCUT2D eigenvalue weighted by atomic mass is 28.4. The first-order valence-corrected chi connectivity index (χ1v) is 12.5. The summed E-state index contributed by atoms with van der Waals surface area (Å²) in [6.45, 7) is 6.88. The summed E-state index contributed by atoms with van der Waals surface area (Å²) in [5.74, 6) is -0.319. The molecule has 0 spiro atoms. The molecule has 0 N–H and O–H groups in total. The molecule has 1 atom stereocenters. The van der Waals surface area contributed by atoms with Gasteiger partial charge >= 0.3 is 0 Å². The standard InChI is InChI=1S/C25H31NO2Si/c1-25(2,3)29(23-10-6-4-7-11-23,24-12-8-5-9-13-24)28-22-16-14-20(15-17-22)21(18-26)19-27/h4-13,19-22H,14-17H2,1-3H3. The van der Waals surface area contributed by atoms with Crippen molar-refractivity contribution in [3.63, 3.8) is 0 Å². The minimum atomic E-state index is -2.54. The largest absolute Gasteiger partial charge is 0.404 e. The highest BCUT2D eigenvalue weighted by Crippen LogP contribution is 2.40. The third kappa shape index (κ3) is 4.37. The molecule has 152 valence electrons. The van der Waals surface area contributed by atoms with Crippen LogP contribution in [-0.2, 0) is 9.22 Å². The fraction of sp³-hybridized carbons (Fsp3) is 0.440. The van der Waals surface area contributed by atoms with Crippen LogP contribution in [0.3, 0.4) is 0 Å². The van der Waals surface area contributed by atoms with E-state index in [2.05, 4.69) is 87.5 Å². The van der Waals surface area contributed by atoms with Crippen molar-refractivity contribution >= 4 is 25.0 Å². The summed E-state index contributed by atoms with van der Waals surface area (Å²) in [4.78, 5) is 11.2. The van der Waals surface area contributed by atoms with Crippen LogP contribution < -0.4 is 10.4 Å². The van der Waals surface area contributed by atoms with Gasteiger partial charge in [0.25, 0.3) is 8.32 Å². The van der Waals surface area contributed by atoms with Crippen LogP contribution >= 0.6 is 0 Å². The molecule has 1 aliphatic carbocycles. The number of nitriles is 1. The molecule has 0 heterocycles. The van der Waals surface area contributed by atoms with Gasteiger partial charge in [-0.1, -0.05) is 81.4 Å². The SMILES string of the molecule is CC(C)(C)[Si](OC1CCC(C(C#N)C=O)CC1)(c1ccccc1)c1ccccc1. The Morgan fingerprint density at radius 3 is 1.83 bits per heavy atom. The molecule has 29 heavy (non-hydrogen) atoms. The smallest absolute Gasteiger partial charge is 0.261 e. The van der Waals surface area contributed by atoms with Crippen molar-refractivity contribution < 1.29 is 9.22 Å². The lowest BCUT2D eigenvalue weighted by Crippen LogP contribution is -2.67. The molecule has 2 aromatic carbocycles. The van der Waals surface area contributed by atoms with Crippen molar-refractivity contribution in [1.82, 2.24) is 0 Å². The third-order valence-electron chi connectivity index (χ3n) is 6.28. The van der Waals surface area contributed by atoms with Crippen LogP contribution in [-0.4, -0.2) is 20.7 Å². The van der Waals surface area contributed by atoms with Crippen LogP contribution in [0, 0.1) is 23.2 Å². The zero-order chi connectivity index (χ0) is 20.9. The summed E-state index contributed by atoms with van der Waals surface area (Å²) in [5.41, 5.74) is 0. The van der Waals surface area contributed by atoms with Gasteiger partial charge in [0.15, 0.2) is 0 Å². The Morgan fingerprint density at radius 1 is 0.966 bits per heavy atom. The lowest BCUT2D eigenvalue weighted by atomic mass is 9.80. The fourth-order valence-corrected chi connectivity index (χ4v) is 9.50. The lowest BCUT2D eigenvalue weighted by Gasteiger charge is -2.46. The second-order valence-electron chi connectivity index (χ2n) is 9.11. The van der Waals surface area contributed by atoms with Gasteiger partial charge in [0.05, 0.1) is 6.07 Å². The van der Waals surface area contributed by atoms with Crippen LogP contribution in [0.2, 0.25) is 5.04 Å². The van der Waals surface area contributed by atoms with E-state index in [1.165, 1.54) is 10.4 Å². The van der Waals surface area contributed by atoms with Crippen molar-refractivity contribution in [2.75, 3.05) is 0 Å². The molecule has 1 unspecified atom stereocenters. The van der Waals surface area contributed by atoms with E-state index in [1.54, 1.807) is 0 Å². The molecular formula is C25H31NO2Si. The van der Waals surface area contributed by atoms with Gasteiger partial charge in [-0.3, -0.25) is 0 Å². The van der Waals surface area contributed by atoms with E-state index in [1.807, 2.05) is 0 Å². The second-order valence-corrected chi connectivity index (χ2v) is 13.4. The molecule has 2 aromatic rings. The number of hydrogen-bond donors (Lipinski definition) is 0. The van der Waals surface area contributed by atoms with E-state index in [0.717, 1.165) is 32.0 Å². The van der Waals surface area contributed by atoms with E-state index < -0.39 is 14.2 Å². The van der Waals surface area contributed by atoms with Crippen LogP contribution in [0.5, 0.6) is 0 Å². The van der Waals surface area contributed by atoms with Crippen molar-refractivity contribution in [2.45, 2.75) is 57.6 Å². The Labute approximate surface area is 175 Å². The van der Waals surface area contributed by atoms with E-state index >= 15 is 0 Å². The highest BCUT2D eigenvalue weighted by molar-refractivity contribution is 6.99. The topological polar surface area (TPSA) is 50.1 Å². The van der Waals surface area contributed by atoms with E-state index in [0.29, 0.717) is 0 Å². The van der Waals surface area contributed by atoms with Gasteiger partial charge in [0.1, 0.15) is 12.2 Å². The van der Waals surface area contributed by atoms with Crippen LogP contribution in [0.1, 0.15) is 46.5 Å². The predicted molar refractivity (Wildman–Crippen MR) is 120 cm³/mol. The zero-order valence-electron chi connectivity index (χ0n) is 17.7. The Hall–Kier alpha value is -2.22. The molecule has 0 saturated heterocycles. The number of aldehydes is 1. The first-order chi connectivity index (χ1) is 13.9. The Bertz CT molecular complexity index is 791. The first-order valence-electron chi connectivity index (χ1n) is 10.6. The quantitative estimate of drug-likeness (QED) is 0.527. The normalized spacial score (nSPS) is 21.2. The predicted octanol–water partition coefficient (Wildman–Crippen LogP) is 4.46. The molecular weight excluding hydrogens is 374 g/mol. The third-order valence-corrected chi connectivity index (χ3v) is 11.4. The second kappa shape index (κ2) is 9.07. The molecule has 0 radical (unpaired) electrons. The maximum atomic E-state index is 11.2. The average Bonchev–Trinajstić information content (AvgIpc) is 2.74. The van der Waals surface area contributed by atoms with Gasteiger partial charge in [0, 0.05) is 6.10 Å². The summed E-state index contributed by atoms with van der Waals surface area (Å²) in [7, 11) is -2.54. The maximum absolute atomic E-state index is 11.2. The van der Waals surface area contributed by atoms with Crippen molar-refractivity contribution in [1.29, 1.82) is 5.26 Å². The van der Waals surface area contributed by atoms with Crippen LogP contribution in [0.15, 0.2) is 60.7 Å². The molecule has 3 rings (SSSR count). The number of nitrogens with zero attached hydrogens (tertiary/aromatic N) is 1. The summed E-state index contributed by atoms with van der Waals surface area (Å²) in [6.07, 6.45) is 4.53. The maximum Gasteiger partial charge on any atom is 0.261 e. The first kappa shape index (κ1) is 21.5. The summed E-state index contributed by atoms with van der Waals surface area (Å²) in [6, 6.07) is 23.6. The van der Waals surface area contributed by atoms with E-state index in [-0.39, 0.29) is 17.1 Å². The summed E-state index contributed by atoms with van der Waals surface area (Å²) >= 11 is 0. The fourth-order valence-electron chi connectivity index (χ4n) is 4.75. The number of benzene rings is 2. The van der Waals surface area contributed by atoms with Crippen molar-refractivity contribution in [3.05, 3.63) is 60.7 Å². The van der Waals surface area contributed by atoms with Gasteiger partial charge in [-0.05, 0) is 47.0 Å². The minimum absolute atomic E-state index is 0.0372. The van der Waals surface area contributed by atoms with Gasteiger partial charge in [-0.25, -0.2) is 0 Å². The van der Waals surface area contributed by atoms with Crippen molar-refractivity contribution in [2.24, 2.45) is 11.8 Å². The molecule has 1 saturated carbocycles. The number of rotatable bonds is 6. The summed E-state index contributed by atoms with van der Waals surface area (Å²) < 4.78 is 7.18. The van der Waals surface area contributed by atoms with Gasteiger partial charge in [-0.2, -0.15) is 5.26 Å². The Balaban J connectivity index is 1.95. The Kier molecular flexibility index (Phi) is 6.72. The van der Waals surface area contributed by atoms with Gasteiger partial charge < -0.3 is 9.22 Å². The van der Waals surface area contributed by atoms with Gasteiger partial charge in [0.2, 0.25) is 0 Å². The van der Waals surface area contributed by atoms with E-state index in [4.69, 9.17) is 4.43 Å². The molecule has 3 nitrogen and oxygen atoms in total. The van der Waals surface area contributed by atoms with E-state index in [9.17, 15) is 10.1 Å². The van der Waals surface area contributed by atoms with Gasteiger partial charge in [-0.15, -0.1) is 0 Å². The molecule has 0 bridgehead atoms. The number of hydrogen-bond acceptors (Lipinski definition) is 3. The monoisotopic (exact) mass is 405 g/mol. The molecule has 0 aliphatic heterocycles. The van der Waals surface area contributed by atoms with Crippen LogP contribution in [0.4, 0.5) is 0 Å². The van der Waals surface area contributed by atoms with Crippen molar-refractivity contribution in [3.8, 4) is 6.07 Å².